The van der Waals surface area contributed by atoms with E-state index in [1.54, 1.807) is 30.3 Å². The Morgan fingerprint density at radius 1 is 1.04 bits per heavy atom. The van der Waals surface area contributed by atoms with Crippen molar-refractivity contribution in [3.63, 3.8) is 0 Å². The molecule has 2 aromatic carbocycles. The fourth-order valence-electron chi connectivity index (χ4n) is 2.58. The first kappa shape index (κ1) is 16.6. The van der Waals surface area contributed by atoms with Crippen molar-refractivity contribution in [3.8, 4) is 5.75 Å². The third kappa shape index (κ3) is 3.20. The number of β-amino-alcohol motifs (C(OH)–C–C–N with tert-alkyl or cyclic N) is 1. The van der Waals surface area contributed by atoms with Crippen LogP contribution < -0.4 is 4.74 Å². The number of nitro groups is 1. The molecule has 0 aliphatic carbocycles. The average Bonchev–Trinajstić information content (AvgIpc) is 2.85. The van der Waals surface area contributed by atoms with Crippen molar-refractivity contribution in [2.45, 2.75) is 6.10 Å². The zero-order valence-electron chi connectivity index (χ0n) is 13.0. The molecule has 128 valence electrons. The van der Waals surface area contributed by atoms with E-state index in [9.17, 15) is 24.8 Å². The Balaban J connectivity index is 1.65. The van der Waals surface area contributed by atoms with E-state index in [-0.39, 0.29) is 24.6 Å². The number of hydrogen-bond acceptors (Lipinski definition) is 6. The Bertz CT molecular complexity index is 816. The number of hydrogen-bond donors (Lipinski definition) is 1. The lowest BCUT2D eigenvalue weighted by Gasteiger charge is -2.18. The van der Waals surface area contributed by atoms with Crippen LogP contribution in [0.15, 0.2) is 48.5 Å². The Morgan fingerprint density at radius 3 is 2.20 bits per heavy atom. The fourth-order valence-corrected chi connectivity index (χ4v) is 2.58. The van der Waals surface area contributed by atoms with Crippen LogP contribution in [0.4, 0.5) is 5.69 Å². The number of ether oxygens (including phenoxy) is 1. The monoisotopic (exact) mass is 342 g/mol. The molecule has 0 saturated carbocycles. The molecule has 0 fully saturated rings. The molecule has 0 radical (unpaired) electrons. The molecule has 0 aromatic heterocycles. The number of carbonyl (C=O) groups is 2. The molecule has 0 saturated heterocycles. The molecule has 3 rings (SSSR count). The van der Waals surface area contributed by atoms with E-state index < -0.39 is 22.8 Å². The van der Waals surface area contributed by atoms with Crippen LogP contribution in [0.1, 0.15) is 20.7 Å². The minimum Gasteiger partial charge on any atom is -0.484 e. The van der Waals surface area contributed by atoms with Crippen LogP contribution in [0.5, 0.6) is 5.75 Å². The van der Waals surface area contributed by atoms with Crippen LogP contribution in [0, 0.1) is 10.1 Å². The predicted molar refractivity (Wildman–Crippen MR) is 86.4 cm³/mol. The van der Waals surface area contributed by atoms with Crippen LogP contribution in [0.2, 0.25) is 0 Å². The molecule has 1 heterocycles. The summed E-state index contributed by atoms with van der Waals surface area (Å²) in [6.07, 6.45) is -1.18. The molecule has 0 spiro atoms. The molecule has 1 unspecified atom stereocenters. The quantitative estimate of drug-likeness (QED) is 0.485. The molecular formula is C17H14N2O6. The number of aliphatic hydroxyl groups excluding tert-OH is 1. The average molecular weight is 342 g/mol. The number of nitro benzene ring substituents is 1. The second-order valence-electron chi connectivity index (χ2n) is 5.46. The highest BCUT2D eigenvalue weighted by atomic mass is 16.6. The lowest BCUT2D eigenvalue weighted by molar-refractivity contribution is -0.385. The van der Waals surface area contributed by atoms with E-state index in [1.807, 2.05) is 0 Å². The van der Waals surface area contributed by atoms with Gasteiger partial charge >= 0.3 is 5.69 Å². The van der Waals surface area contributed by atoms with Gasteiger partial charge in [0.05, 0.1) is 22.6 Å². The molecule has 1 aliphatic rings. The van der Waals surface area contributed by atoms with Crippen molar-refractivity contribution >= 4 is 17.5 Å². The van der Waals surface area contributed by atoms with Crippen molar-refractivity contribution < 1.29 is 24.4 Å². The SMILES string of the molecule is O=C1c2ccccc2C(=O)N1CC(O)COc1ccccc1[N+](=O)[O-]. The van der Waals surface area contributed by atoms with Gasteiger partial charge in [-0.25, -0.2) is 0 Å². The zero-order valence-corrected chi connectivity index (χ0v) is 13.0. The van der Waals surface area contributed by atoms with Crippen LogP contribution in [0.25, 0.3) is 0 Å². The highest BCUT2D eigenvalue weighted by Gasteiger charge is 2.36. The number of nitrogens with zero attached hydrogens (tertiary/aromatic N) is 2. The van der Waals surface area contributed by atoms with Crippen molar-refractivity contribution in [3.05, 3.63) is 69.8 Å². The molecule has 2 aromatic rings. The highest BCUT2D eigenvalue weighted by molar-refractivity contribution is 6.21. The largest absolute Gasteiger partial charge is 0.484 e. The molecular weight excluding hydrogens is 328 g/mol. The summed E-state index contributed by atoms with van der Waals surface area (Å²) in [7, 11) is 0. The summed E-state index contributed by atoms with van der Waals surface area (Å²) >= 11 is 0. The van der Waals surface area contributed by atoms with Crippen LogP contribution >= 0.6 is 0 Å². The number of fused-ring (bicyclic) bond motifs is 1. The van der Waals surface area contributed by atoms with Crippen LogP contribution in [-0.2, 0) is 0 Å². The third-order valence-electron chi connectivity index (χ3n) is 3.76. The van der Waals surface area contributed by atoms with Gasteiger partial charge in [-0.1, -0.05) is 24.3 Å². The maximum Gasteiger partial charge on any atom is 0.310 e. The summed E-state index contributed by atoms with van der Waals surface area (Å²) < 4.78 is 5.28. The molecule has 1 aliphatic heterocycles. The molecule has 8 heteroatoms. The number of aliphatic hydroxyl groups is 1. The maximum atomic E-state index is 12.2. The number of rotatable bonds is 6. The van der Waals surface area contributed by atoms with Gasteiger partial charge in [0.25, 0.3) is 11.8 Å². The van der Waals surface area contributed by atoms with Crippen molar-refractivity contribution in [2.75, 3.05) is 13.2 Å². The third-order valence-corrected chi connectivity index (χ3v) is 3.76. The Morgan fingerprint density at radius 2 is 1.60 bits per heavy atom. The fraction of sp³-hybridized carbons (Fsp3) is 0.176. The predicted octanol–water partition coefficient (Wildman–Crippen LogP) is 1.63. The van der Waals surface area contributed by atoms with E-state index in [0.29, 0.717) is 11.1 Å². The van der Waals surface area contributed by atoms with E-state index in [1.165, 1.54) is 18.2 Å². The molecule has 25 heavy (non-hydrogen) atoms. The molecule has 8 nitrogen and oxygen atoms in total. The van der Waals surface area contributed by atoms with Crippen LogP contribution in [-0.4, -0.2) is 46.0 Å². The lowest BCUT2D eigenvalue weighted by atomic mass is 10.1. The summed E-state index contributed by atoms with van der Waals surface area (Å²) in [6, 6.07) is 12.2. The smallest absolute Gasteiger partial charge is 0.310 e. The summed E-state index contributed by atoms with van der Waals surface area (Å²) in [5, 5.41) is 21.0. The van der Waals surface area contributed by atoms with Gasteiger partial charge in [-0.2, -0.15) is 0 Å². The minimum absolute atomic E-state index is 0.00825. The first-order valence-electron chi connectivity index (χ1n) is 7.48. The number of imide groups is 1. The van der Waals surface area contributed by atoms with Gasteiger partial charge in [0.1, 0.15) is 12.7 Å². The second kappa shape index (κ2) is 6.70. The van der Waals surface area contributed by atoms with Gasteiger partial charge in [0.15, 0.2) is 5.75 Å². The van der Waals surface area contributed by atoms with Gasteiger partial charge in [0, 0.05) is 6.07 Å². The van der Waals surface area contributed by atoms with Gasteiger partial charge in [-0.3, -0.25) is 24.6 Å². The van der Waals surface area contributed by atoms with Crippen molar-refractivity contribution in [2.24, 2.45) is 0 Å². The second-order valence-corrected chi connectivity index (χ2v) is 5.46. The first-order valence-corrected chi connectivity index (χ1v) is 7.48. The van der Waals surface area contributed by atoms with E-state index in [4.69, 9.17) is 4.74 Å². The summed E-state index contributed by atoms with van der Waals surface area (Å²) in [6.45, 7) is -0.550. The van der Waals surface area contributed by atoms with Crippen molar-refractivity contribution in [1.82, 2.24) is 4.90 Å². The Kier molecular flexibility index (Phi) is 4.44. The van der Waals surface area contributed by atoms with E-state index in [2.05, 4.69) is 0 Å². The van der Waals surface area contributed by atoms with Crippen molar-refractivity contribution in [1.29, 1.82) is 0 Å². The molecule has 1 atom stereocenters. The standard InChI is InChI=1S/C17H14N2O6/c20-11(10-25-15-8-4-3-7-14(15)19(23)24)9-18-16(21)12-5-1-2-6-13(12)17(18)22/h1-8,11,20H,9-10H2. The van der Waals surface area contributed by atoms with Gasteiger partial charge in [-0.15, -0.1) is 0 Å². The van der Waals surface area contributed by atoms with Gasteiger partial charge < -0.3 is 9.84 Å². The number of benzene rings is 2. The summed E-state index contributed by atoms with van der Waals surface area (Å²) in [5.74, 6) is -0.954. The maximum absolute atomic E-state index is 12.2. The summed E-state index contributed by atoms with van der Waals surface area (Å²) in [5.41, 5.74) is 0.356. The number of amides is 2. The normalized spacial score (nSPS) is 14.4. The Labute approximate surface area is 142 Å². The Hall–Kier alpha value is -3.26. The molecule has 0 bridgehead atoms. The van der Waals surface area contributed by atoms with E-state index in [0.717, 1.165) is 4.90 Å². The number of carbonyl (C=O) groups excluding carboxylic acids is 2. The summed E-state index contributed by atoms with van der Waals surface area (Å²) in [4.78, 5) is 35.7. The first-order chi connectivity index (χ1) is 12.0. The van der Waals surface area contributed by atoms with Gasteiger partial charge in [-0.05, 0) is 18.2 Å². The van der Waals surface area contributed by atoms with Crippen LogP contribution in [0.3, 0.4) is 0 Å². The highest BCUT2D eigenvalue weighted by Crippen LogP contribution is 2.26. The van der Waals surface area contributed by atoms with E-state index >= 15 is 0 Å². The van der Waals surface area contributed by atoms with Gasteiger partial charge in [0.2, 0.25) is 0 Å². The molecule has 1 N–H and O–H groups in total. The number of para-hydroxylation sites is 2. The lowest BCUT2D eigenvalue weighted by Crippen LogP contribution is -2.39. The minimum atomic E-state index is -1.18. The zero-order chi connectivity index (χ0) is 18.0. The molecule has 2 amide bonds. The topological polar surface area (TPSA) is 110 Å².